The van der Waals surface area contributed by atoms with Crippen molar-refractivity contribution < 1.29 is 17.9 Å². The van der Waals surface area contributed by atoms with Gasteiger partial charge in [0.05, 0.1) is 4.90 Å². The predicted molar refractivity (Wildman–Crippen MR) is 93.1 cm³/mol. The van der Waals surface area contributed by atoms with E-state index in [1.807, 2.05) is 6.92 Å². The molecule has 0 aliphatic rings. The van der Waals surface area contributed by atoms with Crippen molar-refractivity contribution in [2.75, 3.05) is 0 Å². The maximum atomic E-state index is 12.5. The molecular formula is C18H21NO4S. The summed E-state index contributed by atoms with van der Waals surface area (Å²) in [6, 6.07) is 8.26. The van der Waals surface area contributed by atoms with Gasteiger partial charge in [0.1, 0.15) is 5.60 Å². The maximum absolute atomic E-state index is 12.5. The molecule has 0 spiro atoms. The highest BCUT2D eigenvalue weighted by molar-refractivity contribution is 7.90. The predicted octanol–water partition coefficient (Wildman–Crippen LogP) is 3.39. The Morgan fingerprint density at radius 2 is 1.75 bits per heavy atom. The molecule has 2 rings (SSSR count). The van der Waals surface area contributed by atoms with Crippen LogP contribution in [0.4, 0.5) is 0 Å². The largest absolute Gasteiger partial charge is 0.457 e. The van der Waals surface area contributed by atoms with Crippen molar-refractivity contribution in [1.82, 2.24) is 3.97 Å². The number of benzene rings is 1. The molecule has 128 valence electrons. The van der Waals surface area contributed by atoms with E-state index in [1.165, 1.54) is 24.5 Å². The van der Waals surface area contributed by atoms with Crippen LogP contribution < -0.4 is 0 Å². The molecule has 0 amide bonds. The first-order chi connectivity index (χ1) is 11.1. The summed E-state index contributed by atoms with van der Waals surface area (Å²) in [6.07, 6.45) is 5.71. The van der Waals surface area contributed by atoms with Crippen LogP contribution in [0.3, 0.4) is 0 Å². The molecule has 0 radical (unpaired) electrons. The van der Waals surface area contributed by atoms with Crippen molar-refractivity contribution in [2.45, 2.75) is 38.2 Å². The molecule has 0 aliphatic heterocycles. The summed E-state index contributed by atoms with van der Waals surface area (Å²) in [5.74, 6) is -0.475. The van der Waals surface area contributed by atoms with Gasteiger partial charge in [-0.05, 0) is 57.5 Å². The van der Waals surface area contributed by atoms with Crippen LogP contribution in [0.1, 0.15) is 31.9 Å². The zero-order chi connectivity index (χ0) is 18.0. The highest BCUT2D eigenvalue weighted by Crippen LogP contribution is 2.16. The van der Waals surface area contributed by atoms with Gasteiger partial charge < -0.3 is 4.74 Å². The molecule has 1 heterocycles. The molecule has 0 N–H and O–H groups in total. The summed E-state index contributed by atoms with van der Waals surface area (Å²) in [6.45, 7) is 7.24. The number of esters is 1. The van der Waals surface area contributed by atoms with Gasteiger partial charge in [0.15, 0.2) is 0 Å². The van der Waals surface area contributed by atoms with Gasteiger partial charge in [-0.15, -0.1) is 0 Å². The number of rotatable bonds is 4. The van der Waals surface area contributed by atoms with Crippen LogP contribution in [0, 0.1) is 6.92 Å². The van der Waals surface area contributed by atoms with E-state index in [0.29, 0.717) is 5.56 Å². The van der Waals surface area contributed by atoms with Gasteiger partial charge in [-0.25, -0.2) is 17.2 Å². The summed E-state index contributed by atoms with van der Waals surface area (Å²) in [7, 11) is -3.64. The summed E-state index contributed by atoms with van der Waals surface area (Å²) in [5.41, 5.74) is 1.02. The molecule has 0 bridgehead atoms. The molecule has 24 heavy (non-hydrogen) atoms. The normalized spacial score (nSPS) is 12.5. The average Bonchev–Trinajstić information content (AvgIpc) is 2.93. The van der Waals surface area contributed by atoms with E-state index < -0.39 is 21.6 Å². The van der Waals surface area contributed by atoms with E-state index in [2.05, 4.69) is 0 Å². The van der Waals surface area contributed by atoms with Crippen LogP contribution in [-0.4, -0.2) is 24.0 Å². The first-order valence-electron chi connectivity index (χ1n) is 7.49. The van der Waals surface area contributed by atoms with Gasteiger partial charge in [-0.2, -0.15) is 0 Å². The molecular weight excluding hydrogens is 326 g/mol. The second kappa shape index (κ2) is 6.65. The smallest absolute Gasteiger partial charge is 0.331 e. The van der Waals surface area contributed by atoms with Crippen LogP contribution >= 0.6 is 0 Å². The van der Waals surface area contributed by atoms with Crippen LogP contribution in [0.2, 0.25) is 0 Å². The second-order valence-electron chi connectivity index (χ2n) is 6.46. The first-order valence-corrected chi connectivity index (χ1v) is 8.93. The number of ether oxygens (including phenoxy) is 1. The Kier molecular flexibility index (Phi) is 4.99. The molecule has 0 saturated heterocycles. The van der Waals surface area contributed by atoms with Gasteiger partial charge in [0.25, 0.3) is 10.0 Å². The van der Waals surface area contributed by atoms with Gasteiger partial charge >= 0.3 is 5.97 Å². The fourth-order valence-corrected chi connectivity index (χ4v) is 3.18. The minimum Gasteiger partial charge on any atom is -0.457 e. The van der Waals surface area contributed by atoms with E-state index in [4.69, 9.17) is 4.74 Å². The molecule has 2 aromatic rings. The lowest BCUT2D eigenvalue weighted by Crippen LogP contribution is -2.22. The van der Waals surface area contributed by atoms with Crippen LogP contribution in [0.15, 0.2) is 53.7 Å². The quantitative estimate of drug-likeness (QED) is 0.628. The zero-order valence-electron chi connectivity index (χ0n) is 14.2. The SMILES string of the molecule is Cc1ccc(S(=O)(=O)n2ccc(C=CC(=O)OC(C)(C)C)c2)cc1. The molecule has 0 atom stereocenters. The number of aryl methyl sites for hydroxylation is 1. The highest BCUT2D eigenvalue weighted by atomic mass is 32.2. The fourth-order valence-electron chi connectivity index (χ4n) is 1.97. The van der Waals surface area contributed by atoms with E-state index in [1.54, 1.807) is 51.1 Å². The van der Waals surface area contributed by atoms with Gasteiger partial charge in [-0.3, -0.25) is 0 Å². The number of carbonyl (C=O) groups is 1. The molecule has 0 fully saturated rings. The van der Waals surface area contributed by atoms with Crippen molar-refractivity contribution in [3.05, 3.63) is 59.9 Å². The van der Waals surface area contributed by atoms with Crippen molar-refractivity contribution in [1.29, 1.82) is 0 Å². The first kappa shape index (κ1) is 18.0. The van der Waals surface area contributed by atoms with Crippen molar-refractivity contribution >= 4 is 22.1 Å². The van der Waals surface area contributed by atoms with Crippen LogP contribution in [0.25, 0.3) is 6.08 Å². The fraction of sp³-hybridized carbons (Fsp3) is 0.278. The molecule has 0 saturated carbocycles. The number of hydrogen-bond acceptors (Lipinski definition) is 4. The lowest BCUT2D eigenvalue weighted by atomic mass is 10.2. The summed E-state index contributed by atoms with van der Waals surface area (Å²) in [5, 5.41) is 0. The third kappa shape index (κ3) is 4.58. The van der Waals surface area contributed by atoms with Gasteiger partial charge in [0.2, 0.25) is 0 Å². The van der Waals surface area contributed by atoms with E-state index >= 15 is 0 Å². The van der Waals surface area contributed by atoms with Gasteiger partial charge in [0, 0.05) is 18.5 Å². The summed E-state index contributed by atoms with van der Waals surface area (Å²) in [4.78, 5) is 11.9. The molecule has 0 unspecified atom stereocenters. The number of hydrogen-bond donors (Lipinski definition) is 0. The second-order valence-corrected chi connectivity index (χ2v) is 8.30. The molecule has 1 aromatic heterocycles. The Labute approximate surface area is 142 Å². The van der Waals surface area contributed by atoms with Crippen LogP contribution in [-0.2, 0) is 19.6 Å². The Balaban J connectivity index is 2.18. The Morgan fingerprint density at radius 1 is 1.12 bits per heavy atom. The molecule has 0 aliphatic carbocycles. The standard InChI is InChI=1S/C18H21NO4S/c1-14-5-8-16(9-6-14)24(21,22)19-12-11-15(13-19)7-10-17(20)23-18(2,3)4/h5-13H,1-4H3. The molecule has 1 aromatic carbocycles. The Morgan fingerprint density at radius 3 is 2.33 bits per heavy atom. The number of nitrogens with zero attached hydrogens (tertiary/aromatic N) is 1. The van der Waals surface area contributed by atoms with Crippen molar-refractivity contribution in [3.8, 4) is 0 Å². The van der Waals surface area contributed by atoms with E-state index in [-0.39, 0.29) is 4.90 Å². The minimum atomic E-state index is -3.64. The third-order valence-electron chi connectivity index (χ3n) is 3.11. The molecule has 6 heteroatoms. The Hall–Kier alpha value is -2.34. The minimum absolute atomic E-state index is 0.214. The lowest BCUT2D eigenvalue weighted by molar-refractivity contribution is -0.148. The topological polar surface area (TPSA) is 65.4 Å². The van der Waals surface area contributed by atoms with Crippen molar-refractivity contribution in [3.63, 3.8) is 0 Å². The zero-order valence-corrected chi connectivity index (χ0v) is 15.0. The van der Waals surface area contributed by atoms with Crippen molar-refractivity contribution in [2.24, 2.45) is 0 Å². The van der Waals surface area contributed by atoms with Crippen LogP contribution in [0.5, 0.6) is 0 Å². The van der Waals surface area contributed by atoms with E-state index in [0.717, 1.165) is 9.54 Å². The highest BCUT2D eigenvalue weighted by Gasteiger charge is 2.16. The molecule has 5 nitrogen and oxygen atoms in total. The monoisotopic (exact) mass is 347 g/mol. The number of aromatic nitrogens is 1. The van der Waals surface area contributed by atoms with E-state index in [9.17, 15) is 13.2 Å². The Bertz CT molecular complexity index is 853. The van der Waals surface area contributed by atoms with Gasteiger partial charge in [-0.1, -0.05) is 17.7 Å². The number of carbonyl (C=O) groups excluding carboxylic acids is 1. The lowest BCUT2D eigenvalue weighted by Gasteiger charge is -2.17. The summed E-state index contributed by atoms with van der Waals surface area (Å²) >= 11 is 0. The summed E-state index contributed by atoms with van der Waals surface area (Å²) < 4.78 is 31.4. The average molecular weight is 347 g/mol. The maximum Gasteiger partial charge on any atom is 0.331 e. The third-order valence-corrected chi connectivity index (χ3v) is 4.76.